The van der Waals surface area contributed by atoms with E-state index < -0.39 is 17.1 Å². The molecule has 172 valence electrons. The number of halogens is 1. The van der Waals surface area contributed by atoms with Gasteiger partial charge in [-0.05, 0) is 69.3 Å². The van der Waals surface area contributed by atoms with Gasteiger partial charge in [-0.15, -0.1) is 12.4 Å². The third-order valence-electron chi connectivity index (χ3n) is 8.93. The van der Waals surface area contributed by atoms with Crippen LogP contribution in [-0.4, -0.2) is 72.9 Å². The minimum atomic E-state index is -1.59. The summed E-state index contributed by atoms with van der Waals surface area (Å²) in [5.41, 5.74) is 5.25. The summed E-state index contributed by atoms with van der Waals surface area (Å²) in [4.78, 5) is 18.1. The second kappa shape index (κ2) is 8.64. The van der Waals surface area contributed by atoms with Crippen molar-refractivity contribution >= 4 is 18.4 Å². The maximum absolute atomic E-state index is 13.1. The van der Waals surface area contributed by atoms with E-state index in [9.17, 15) is 9.90 Å². The van der Waals surface area contributed by atoms with Gasteiger partial charge in [0.25, 0.3) is 0 Å². The molecule has 0 aromatic heterocycles. The normalized spacial score (nSPS) is 38.0. The molecular formula is C24H36ClN3O3. The number of hydrogen-bond acceptors (Lipinski definition) is 5. The number of benzene rings is 1. The maximum atomic E-state index is 13.1. The number of carboxylic acid groups (broad SMARTS) is 1. The first-order chi connectivity index (χ1) is 14.5. The number of aliphatic carboxylic acids is 1. The summed E-state index contributed by atoms with van der Waals surface area (Å²) in [6.07, 6.45) is 4.45. The zero-order chi connectivity index (χ0) is 20.9. The first-order valence-electron chi connectivity index (χ1n) is 11.6. The number of nitrogens with two attached hydrogens (primary N) is 1. The number of ether oxygens (including phenoxy) is 1. The summed E-state index contributed by atoms with van der Waals surface area (Å²) in [6.45, 7) is 6.21. The Bertz CT molecular complexity index is 748. The minimum absolute atomic E-state index is 0. The van der Waals surface area contributed by atoms with Gasteiger partial charge in [-0.1, -0.05) is 30.3 Å². The van der Waals surface area contributed by atoms with Crippen molar-refractivity contribution in [1.82, 2.24) is 9.80 Å². The molecule has 6 saturated heterocycles. The van der Waals surface area contributed by atoms with Crippen LogP contribution in [0.1, 0.15) is 31.2 Å². The lowest BCUT2D eigenvalue weighted by molar-refractivity contribution is -0.226. The number of hydrogen-bond donors (Lipinski definition) is 2. The fourth-order valence-electron chi connectivity index (χ4n) is 7.44. The first kappa shape index (κ1) is 23.0. The second-order valence-electron chi connectivity index (χ2n) is 9.97. The number of methoxy groups -OCH3 is 1. The van der Waals surface area contributed by atoms with Gasteiger partial charge >= 0.3 is 5.97 Å². The van der Waals surface area contributed by atoms with Crippen LogP contribution >= 0.6 is 12.4 Å². The molecule has 1 aromatic rings. The van der Waals surface area contributed by atoms with Crippen molar-refractivity contribution in [3.63, 3.8) is 0 Å². The summed E-state index contributed by atoms with van der Waals surface area (Å²) >= 11 is 0. The fourth-order valence-corrected chi connectivity index (χ4v) is 7.44. The highest BCUT2D eigenvalue weighted by atomic mass is 35.5. The number of carbonyl (C=O) groups is 1. The monoisotopic (exact) mass is 449 g/mol. The molecule has 6 nitrogen and oxygen atoms in total. The van der Waals surface area contributed by atoms with Crippen LogP contribution in [0.25, 0.3) is 0 Å². The average molecular weight is 450 g/mol. The molecule has 6 heterocycles. The molecule has 7 rings (SSSR count). The lowest BCUT2D eigenvalue weighted by Crippen LogP contribution is -2.76. The summed E-state index contributed by atoms with van der Waals surface area (Å²) in [6, 6.07) is 9.47. The van der Waals surface area contributed by atoms with Gasteiger partial charge in [0.05, 0.1) is 0 Å². The van der Waals surface area contributed by atoms with Gasteiger partial charge in [-0.2, -0.15) is 0 Å². The van der Waals surface area contributed by atoms with Crippen LogP contribution in [0, 0.1) is 23.7 Å². The van der Waals surface area contributed by atoms with Crippen molar-refractivity contribution in [3.8, 4) is 0 Å². The van der Waals surface area contributed by atoms with Crippen LogP contribution in [0.4, 0.5) is 0 Å². The van der Waals surface area contributed by atoms with E-state index in [1.807, 2.05) is 30.3 Å². The van der Waals surface area contributed by atoms with Crippen molar-refractivity contribution in [2.75, 3.05) is 46.4 Å². The molecule has 6 aliphatic heterocycles. The molecule has 0 amide bonds. The number of rotatable bonds is 6. The number of piperidine rings is 6. The highest BCUT2D eigenvalue weighted by Gasteiger charge is 2.67. The number of nitrogens with zero attached hydrogens (tertiary/aromatic N) is 2. The van der Waals surface area contributed by atoms with Gasteiger partial charge in [-0.3, -0.25) is 0 Å². The number of fused-ring (bicyclic) bond motifs is 6. The van der Waals surface area contributed by atoms with E-state index in [1.54, 1.807) is 7.11 Å². The summed E-state index contributed by atoms with van der Waals surface area (Å²) in [7, 11) is 1.72. The highest BCUT2D eigenvalue weighted by Crippen LogP contribution is 2.55. The van der Waals surface area contributed by atoms with Crippen molar-refractivity contribution in [1.29, 1.82) is 0 Å². The quantitative estimate of drug-likeness (QED) is 0.694. The molecule has 31 heavy (non-hydrogen) atoms. The Balaban J connectivity index is 0.00000231. The molecule has 0 radical (unpaired) electrons. The van der Waals surface area contributed by atoms with Crippen LogP contribution in [0.3, 0.4) is 0 Å². The van der Waals surface area contributed by atoms with E-state index in [-0.39, 0.29) is 24.2 Å². The first-order valence-corrected chi connectivity index (χ1v) is 11.6. The Morgan fingerprint density at radius 3 is 1.74 bits per heavy atom. The van der Waals surface area contributed by atoms with Crippen LogP contribution < -0.4 is 5.73 Å². The van der Waals surface area contributed by atoms with Crippen LogP contribution in [0.2, 0.25) is 0 Å². The Hall–Kier alpha value is -1.18. The van der Waals surface area contributed by atoms with Crippen molar-refractivity contribution in [2.45, 2.75) is 36.8 Å². The molecule has 6 fully saturated rings. The molecule has 4 bridgehead atoms. The van der Waals surface area contributed by atoms with Crippen LogP contribution in [0.5, 0.6) is 0 Å². The minimum Gasteiger partial charge on any atom is -0.480 e. The third-order valence-corrected chi connectivity index (χ3v) is 8.93. The van der Waals surface area contributed by atoms with E-state index in [0.29, 0.717) is 17.4 Å². The predicted octanol–water partition coefficient (Wildman–Crippen LogP) is 2.42. The Morgan fingerprint density at radius 1 is 0.968 bits per heavy atom. The van der Waals surface area contributed by atoms with Gasteiger partial charge in [0.2, 0.25) is 0 Å². The van der Waals surface area contributed by atoms with E-state index in [4.69, 9.17) is 10.5 Å². The third kappa shape index (κ3) is 3.34. The molecule has 1 aromatic carbocycles. The predicted molar refractivity (Wildman–Crippen MR) is 122 cm³/mol. The summed E-state index contributed by atoms with van der Waals surface area (Å²) < 4.78 is 6.54. The zero-order valence-corrected chi connectivity index (χ0v) is 19.2. The van der Waals surface area contributed by atoms with E-state index in [1.165, 1.54) is 0 Å². The molecule has 3 N–H and O–H groups in total. The second-order valence-corrected chi connectivity index (χ2v) is 9.97. The maximum Gasteiger partial charge on any atom is 0.331 e. The zero-order valence-electron chi connectivity index (χ0n) is 18.4. The van der Waals surface area contributed by atoms with E-state index >= 15 is 0 Å². The molecule has 6 aliphatic rings. The molecule has 7 heteroatoms. The lowest BCUT2D eigenvalue weighted by Gasteiger charge is -2.63. The SMILES string of the molecule is COC([C@H]1CN2CCC1CC2)([C@H]1CN2CCC1CC2)C(N)(C(=O)O)c1ccccc1.Cl. The van der Waals surface area contributed by atoms with Gasteiger partial charge in [0.1, 0.15) is 5.60 Å². The topological polar surface area (TPSA) is 79.0 Å². The molecule has 0 aliphatic carbocycles. The molecule has 0 spiro atoms. The molecular weight excluding hydrogens is 414 g/mol. The van der Waals surface area contributed by atoms with Crippen LogP contribution in [-0.2, 0) is 15.1 Å². The van der Waals surface area contributed by atoms with E-state index in [0.717, 1.165) is 65.0 Å². The average Bonchev–Trinajstić information content (AvgIpc) is 2.82. The lowest BCUT2D eigenvalue weighted by atomic mass is 9.52. The Kier molecular flexibility index (Phi) is 6.41. The Labute approximate surface area is 191 Å². The van der Waals surface area contributed by atoms with Crippen LogP contribution in [0.15, 0.2) is 30.3 Å². The summed E-state index contributed by atoms with van der Waals surface area (Å²) in [5.74, 6) is 0.213. The van der Waals surface area contributed by atoms with Gasteiger partial charge in [0, 0.05) is 32.0 Å². The highest BCUT2D eigenvalue weighted by molar-refractivity contribution is 5.85. The standard InChI is InChI=1S/C24H35N3O3.ClH/c1-30-24(20-15-26-11-7-17(20)8-12-26,21-16-27-13-9-18(21)10-14-27)23(25,22(28)29)19-5-3-2-4-6-19;/h2-6,17-18,20-21H,7-16,25H2,1H3,(H,28,29);1H/t20-,21-,23?;/m0./s1. The van der Waals surface area contributed by atoms with Crippen molar-refractivity contribution < 1.29 is 14.6 Å². The fraction of sp³-hybridized carbons (Fsp3) is 0.708. The molecule has 0 saturated carbocycles. The Morgan fingerprint density at radius 2 is 1.42 bits per heavy atom. The molecule has 1 unspecified atom stereocenters. The smallest absolute Gasteiger partial charge is 0.331 e. The van der Waals surface area contributed by atoms with Gasteiger partial charge < -0.3 is 25.4 Å². The van der Waals surface area contributed by atoms with Gasteiger partial charge in [-0.25, -0.2) is 4.79 Å². The van der Waals surface area contributed by atoms with Crippen molar-refractivity contribution in [2.24, 2.45) is 29.4 Å². The number of carboxylic acids is 1. The van der Waals surface area contributed by atoms with E-state index in [2.05, 4.69) is 9.80 Å². The van der Waals surface area contributed by atoms with Crippen molar-refractivity contribution in [3.05, 3.63) is 35.9 Å². The molecule has 3 atom stereocenters. The largest absolute Gasteiger partial charge is 0.480 e. The summed E-state index contributed by atoms with van der Waals surface area (Å²) in [5, 5.41) is 10.7. The van der Waals surface area contributed by atoms with Gasteiger partial charge in [0.15, 0.2) is 5.54 Å².